The summed E-state index contributed by atoms with van der Waals surface area (Å²) in [6.45, 7) is 0.0892. The maximum Gasteiger partial charge on any atom is 0.272 e. The smallest absolute Gasteiger partial charge is 0.272 e. The highest BCUT2D eigenvalue weighted by Crippen LogP contribution is 2.48. The van der Waals surface area contributed by atoms with Crippen molar-refractivity contribution in [1.29, 1.82) is 0 Å². The molecule has 1 aromatic heterocycles. The highest BCUT2D eigenvalue weighted by atomic mass is 16.5. The number of benzene rings is 1. The molecule has 0 radical (unpaired) electrons. The number of hydrogen-bond acceptors (Lipinski definition) is 4. The molecule has 3 N–H and O–H groups in total. The van der Waals surface area contributed by atoms with Gasteiger partial charge in [0, 0.05) is 11.3 Å². The van der Waals surface area contributed by atoms with E-state index in [9.17, 15) is 9.59 Å². The van der Waals surface area contributed by atoms with Crippen LogP contribution in [0.25, 0.3) is 0 Å². The van der Waals surface area contributed by atoms with Crippen LogP contribution in [0.4, 0.5) is 5.69 Å². The van der Waals surface area contributed by atoms with E-state index in [1.165, 1.54) is 6.42 Å². The number of ether oxygens (including phenoxy) is 1. The molecule has 1 saturated carbocycles. The Morgan fingerprint density at radius 1 is 1.24 bits per heavy atom. The van der Waals surface area contributed by atoms with Crippen molar-refractivity contribution in [2.24, 2.45) is 11.8 Å². The summed E-state index contributed by atoms with van der Waals surface area (Å²) in [7, 11) is 0. The van der Waals surface area contributed by atoms with Gasteiger partial charge in [0.15, 0.2) is 5.69 Å². The number of fused-ring (bicyclic) bond motifs is 3. The molecule has 0 spiro atoms. The number of H-pyrrole nitrogens is 1. The van der Waals surface area contributed by atoms with E-state index in [2.05, 4.69) is 20.8 Å². The molecule has 2 aliphatic carbocycles. The van der Waals surface area contributed by atoms with Gasteiger partial charge in [0.05, 0.1) is 5.69 Å². The lowest BCUT2D eigenvalue weighted by Crippen LogP contribution is -2.46. The quantitative estimate of drug-likeness (QED) is 0.768. The van der Waals surface area contributed by atoms with Crippen LogP contribution in [-0.4, -0.2) is 34.7 Å². The van der Waals surface area contributed by atoms with E-state index in [0.717, 1.165) is 30.0 Å². The summed E-state index contributed by atoms with van der Waals surface area (Å²) in [6.07, 6.45) is 3.11. The number of hydrogen-bond donors (Lipinski definition) is 3. The maximum atomic E-state index is 12.7. The zero-order valence-electron chi connectivity index (χ0n) is 13.5. The van der Waals surface area contributed by atoms with Crippen molar-refractivity contribution < 1.29 is 14.3 Å². The second-order valence-corrected chi connectivity index (χ2v) is 7.02. The standard InChI is InChI=1S/C18H18N4O3/c23-17-14(8-25-15-4-2-1-3-12(15)19-17)20-18(24)16-11-6-9-5-10(9)7-13(11)21-22-16/h1-4,9-10,14H,5-8H2,(H,19,23)(H,20,24)(H,21,22)/t9?,10?,14-/m0/s1. The van der Waals surface area contributed by atoms with Crippen molar-refractivity contribution >= 4 is 17.5 Å². The molecular weight excluding hydrogens is 320 g/mol. The van der Waals surface area contributed by atoms with E-state index in [0.29, 0.717) is 23.0 Å². The normalized spacial score (nSPS) is 26.2. The Morgan fingerprint density at radius 2 is 2.08 bits per heavy atom. The Hall–Kier alpha value is -2.83. The average Bonchev–Trinajstić information content (AvgIpc) is 3.28. The third-order valence-corrected chi connectivity index (χ3v) is 5.34. The zero-order valence-corrected chi connectivity index (χ0v) is 13.5. The van der Waals surface area contributed by atoms with Crippen molar-refractivity contribution in [1.82, 2.24) is 15.5 Å². The summed E-state index contributed by atoms with van der Waals surface area (Å²) in [6, 6.07) is 6.46. The number of nitrogens with one attached hydrogen (secondary N) is 3. The lowest BCUT2D eigenvalue weighted by atomic mass is 9.95. The van der Waals surface area contributed by atoms with Gasteiger partial charge >= 0.3 is 0 Å². The van der Waals surface area contributed by atoms with Crippen LogP contribution in [0.3, 0.4) is 0 Å². The Morgan fingerprint density at radius 3 is 3.00 bits per heavy atom. The number of amides is 2. The van der Waals surface area contributed by atoms with E-state index >= 15 is 0 Å². The lowest BCUT2D eigenvalue weighted by Gasteiger charge is -2.15. The summed E-state index contributed by atoms with van der Waals surface area (Å²) in [5.74, 6) is 1.43. The molecule has 0 bridgehead atoms. The van der Waals surface area contributed by atoms with Crippen LogP contribution in [0.15, 0.2) is 24.3 Å². The molecule has 3 aliphatic rings. The molecule has 0 saturated heterocycles. The molecule has 7 nitrogen and oxygen atoms in total. The molecule has 1 aromatic carbocycles. The first-order valence-corrected chi connectivity index (χ1v) is 8.58. The fourth-order valence-electron chi connectivity index (χ4n) is 3.81. The number of carbonyl (C=O) groups is 2. The fourth-order valence-corrected chi connectivity index (χ4v) is 3.81. The van der Waals surface area contributed by atoms with Gasteiger partial charge in [-0.25, -0.2) is 0 Å². The van der Waals surface area contributed by atoms with Crippen molar-refractivity contribution in [3.05, 3.63) is 41.2 Å². The van der Waals surface area contributed by atoms with Gasteiger partial charge in [-0.1, -0.05) is 12.1 Å². The molecule has 5 rings (SSSR count). The van der Waals surface area contributed by atoms with E-state index in [1.54, 1.807) is 12.1 Å². The second-order valence-electron chi connectivity index (χ2n) is 7.02. The predicted molar refractivity (Wildman–Crippen MR) is 89.4 cm³/mol. The molecule has 3 atom stereocenters. The number of nitrogens with zero attached hydrogens (tertiary/aromatic N) is 1. The van der Waals surface area contributed by atoms with Gasteiger partial charge in [-0.05, 0) is 43.2 Å². The van der Waals surface area contributed by atoms with Gasteiger partial charge in [0.25, 0.3) is 11.8 Å². The molecular formula is C18H18N4O3. The van der Waals surface area contributed by atoms with Crippen molar-refractivity contribution in [3.63, 3.8) is 0 Å². The molecule has 1 fully saturated rings. The van der Waals surface area contributed by atoms with E-state index in [-0.39, 0.29) is 18.4 Å². The molecule has 25 heavy (non-hydrogen) atoms. The number of aromatic amines is 1. The summed E-state index contributed by atoms with van der Waals surface area (Å²) >= 11 is 0. The number of rotatable bonds is 2. The average molecular weight is 338 g/mol. The minimum atomic E-state index is -0.760. The largest absolute Gasteiger partial charge is 0.489 e. The Balaban J connectivity index is 1.33. The summed E-state index contributed by atoms with van der Waals surface area (Å²) < 4.78 is 5.66. The highest BCUT2D eigenvalue weighted by molar-refractivity contribution is 6.02. The lowest BCUT2D eigenvalue weighted by molar-refractivity contribution is -0.118. The molecule has 7 heteroatoms. The van der Waals surface area contributed by atoms with Crippen LogP contribution >= 0.6 is 0 Å². The van der Waals surface area contributed by atoms with Gasteiger partial charge in [-0.2, -0.15) is 5.10 Å². The van der Waals surface area contributed by atoms with E-state index in [4.69, 9.17) is 4.74 Å². The summed E-state index contributed by atoms with van der Waals surface area (Å²) in [5, 5.41) is 12.8. The monoisotopic (exact) mass is 338 g/mol. The Bertz CT molecular complexity index is 875. The van der Waals surface area contributed by atoms with Crippen LogP contribution in [0.2, 0.25) is 0 Å². The minimum absolute atomic E-state index is 0.0892. The highest BCUT2D eigenvalue weighted by Gasteiger charge is 2.43. The maximum absolute atomic E-state index is 12.7. The zero-order chi connectivity index (χ0) is 17.0. The van der Waals surface area contributed by atoms with Crippen LogP contribution in [0.1, 0.15) is 28.2 Å². The Labute approximate surface area is 144 Å². The predicted octanol–water partition coefficient (Wildman–Crippen LogP) is 1.27. The number of para-hydroxylation sites is 2. The molecule has 1 aliphatic heterocycles. The molecule has 2 unspecified atom stereocenters. The van der Waals surface area contributed by atoms with Crippen LogP contribution in [-0.2, 0) is 17.6 Å². The third kappa shape index (κ3) is 2.47. The van der Waals surface area contributed by atoms with Crippen LogP contribution in [0, 0.1) is 11.8 Å². The summed E-state index contributed by atoms with van der Waals surface area (Å²) in [4.78, 5) is 25.1. The SMILES string of the molecule is O=C(N[C@H]1COc2ccccc2NC1=O)c1n[nH]c2c1CC1CC1C2. The van der Waals surface area contributed by atoms with Gasteiger partial charge in [-0.15, -0.1) is 0 Å². The molecule has 2 heterocycles. The van der Waals surface area contributed by atoms with Crippen LogP contribution in [0.5, 0.6) is 5.75 Å². The van der Waals surface area contributed by atoms with Crippen molar-refractivity contribution in [2.75, 3.05) is 11.9 Å². The van der Waals surface area contributed by atoms with Gasteiger partial charge in [0.2, 0.25) is 0 Å². The Kier molecular flexibility index (Phi) is 3.10. The first-order chi connectivity index (χ1) is 12.2. The van der Waals surface area contributed by atoms with Gasteiger partial charge in [0.1, 0.15) is 18.4 Å². The molecule has 2 amide bonds. The molecule has 2 aromatic rings. The molecule has 128 valence electrons. The number of aromatic nitrogens is 2. The van der Waals surface area contributed by atoms with Crippen molar-refractivity contribution in [2.45, 2.75) is 25.3 Å². The van der Waals surface area contributed by atoms with Gasteiger partial charge in [-0.3, -0.25) is 14.7 Å². The fraction of sp³-hybridized carbons (Fsp3) is 0.389. The third-order valence-electron chi connectivity index (χ3n) is 5.34. The summed E-state index contributed by atoms with van der Waals surface area (Å²) in [5.41, 5.74) is 3.10. The second kappa shape index (κ2) is 5.34. The van der Waals surface area contributed by atoms with Gasteiger partial charge < -0.3 is 15.4 Å². The van der Waals surface area contributed by atoms with E-state index < -0.39 is 6.04 Å². The first-order valence-electron chi connectivity index (χ1n) is 8.58. The first kappa shape index (κ1) is 14.5. The topological polar surface area (TPSA) is 96.1 Å². The van der Waals surface area contributed by atoms with Crippen molar-refractivity contribution in [3.8, 4) is 5.75 Å². The van der Waals surface area contributed by atoms with Crippen LogP contribution < -0.4 is 15.4 Å². The number of anilines is 1. The minimum Gasteiger partial charge on any atom is -0.489 e. The van der Waals surface area contributed by atoms with E-state index in [1.807, 2.05) is 12.1 Å². The number of carbonyl (C=O) groups excluding carboxylic acids is 2.